The van der Waals surface area contributed by atoms with E-state index in [4.69, 9.17) is 9.47 Å². The number of nitrogens with one attached hydrogen (secondary N) is 2. The fraction of sp³-hybridized carbons (Fsp3) is 0.200. The highest BCUT2D eigenvalue weighted by Crippen LogP contribution is 2.17. The van der Waals surface area contributed by atoms with Gasteiger partial charge in [0.1, 0.15) is 29.8 Å². The average Bonchev–Trinajstić information content (AvgIpc) is 3.23. The number of methoxy groups -OCH3 is 1. The van der Waals surface area contributed by atoms with Crippen molar-refractivity contribution in [3.8, 4) is 5.75 Å². The van der Waals surface area contributed by atoms with Gasteiger partial charge in [-0.15, -0.1) is 10.2 Å². The molecule has 8 nitrogen and oxygen atoms in total. The number of benzene rings is 2. The van der Waals surface area contributed by atoms with Gasteiger partial charge >= 0.3 is 0 Å². The van der Waals surface area contributed by atoms with Gasteiger partial charge in [-0.2, -0.15) is 0 Å². The number of rotatable bonds is 9. The third kappa shape index (κ3) is 6.06. The van der Waals surface area contributed by atoms with Gasteiger partial charge in [-0.05, 0) is 30.3 Å². The smallest absolute Gasteiger partial charge is 0.286 e. The largest absolute Gasteiger partial charge is 0.497 e. The van der Waals surface area contributed by atoms with Crippen LogP contribution >= 0.6 is 11.3 Å². The number of amides is 2. The third-order valence-electron chi connectivity index (χ3n) is 3.90. The minimum Gasteiger partial charge on any atom is -0.497 e. The fourth-order valence-electron chi connectivity index (χ4n) is 2.38. The molecule has 2 amide bonds. The second kappa shape index (κ2) is 10.4. The molecule has 0 spiro atoms. The van der Waals surface area contributed by atoms with E-state index < -0.39 is 5.91 Å². The molecule has 0 bridgehead atoms. The first-order valence-electron chi connectivity index (χ1n) is 8.91. The molecule has 0 fully saturated rings. The molecule has 2 aromatic carbocycles. The quantitative estimate of drug-likeness (QED) is 0.541. The first-order valence-corrected chi connectivity index (χ1v) is 9.72. The van der Waals surface area contributed by atoms with Crippen molar-refractivity contribution in [2.75, 3.05) is 19.0 Å². The standard InChI is InChI=1S/C20H19FN4O4S/c1-28-15-8-6-14(7-9-15)23-19(27)20-25-24-18(30-20)12-29-11-17(26)22-10-13-4-2-3-5-16(13)21/h2-9H,10-12H2,1H3,(H,22,26)(H,23,27). The Bertz CT molecular complexity index is 1010. The lowest BCUT2D eigenvalue weighted by atomic mass is 10.2. The zero-order valence-electron chi connectivity index (χ0n) is 16.1. The predicted molar refractivity (Wildman–Crippen MR) is 109 cm³/mol. The Morgan fingerprint density at radius 2 is 1.87 bits per heavy atom. The van der Waals surface area contributed by atoms with Gasteiger partial charge in [0.15, 0.2) is 0 Å². The summed E-state index contributed by atoms with van der Waals surface area (Å²) in [6.45, 7) is -0.120. The lowest BCUT2D eigenvalue weighted by molar-refractivity contribution is -0.126. The molecule has 0 aliphatic carbocycles. The van der Waals surface area contributed by atoms with Crippen LogP contribution in [0.4, 0.5) is 10.1 Å². The molecule has 0 saturated heterocycles. The van der Waals surface area contributed by atoms with Gasteiger partial charge in [-0.25, -0.2) is 4.39 Å². The molecule has 2 N–H and O–H groups in total. The first-order chi connectivity index (χ1) is 14.5. The van der Waals surface area contributed by atoms with Crippen molar-refractivity contribution >= 4 is 28.8 Å². The van der Waals surface area contributed by atoms with E-state index in [9.17, 15) is 14.0 Å². The Morgan fingerprint density at radius 1 is 1.10 bits per heavy atom. The third-order valence-corrected chi connectivity index (χ3v) is 4.80. The number of nitrogens with zero attached hydrogens (tertiary/aromatic N) is 2. The molecule has 0 atom stereocenters. The number of anilines is 1. The van der Waals surface area contributed by atoms with Crippen LogP contribution < -0.4 is 15.4 Å². The zero-order chi connectivity index (χ0) is 21.3. The van der Waals surface area contributed by atoms with Crippen LogP contribution in [0.15, 0.2) is 48.5 Å². The number of hydrogen-bond acceptors (Lipinski definition) is 7. The number of hydrogen-bond donors (Lipinski definition) is 2. The Balaban J connectivity index is 1.42. The highest BCUT2D eigenvalue weighted by Gasteiger charge is 2.14. The number of carbonyl (C=O) groups is 2. The number of carbonyl (C=O) groups excluding carboxylic acids is 2. The van der Waals surface area contributed by atoms with Crippen LogP contribution in [-0.4, -0.2) is 35.7 Å². The van der Waals surface area contributed by atoms with Crippen LogP contribution in [0.2, 0.25) is 0 Å². The molecule has 0 unspecified atom stereocenters. The summed E-state index contributed by atoms with van der Waals surface area (Å²) in [6.07, 6.45) is 0. The van der Waals surface area contributed by atoms with E-state index in [-0.39, 0.29) is 36.5 Å². The maximum atomic E-state index is 13.5. The second-order valence-corrected chi connectivity index (χ2v) is 7.11. The maximum Gasteiger partial charge on any atom is 0.286 e. The molecule has 0 radical (unpaired) electrons. The van der Waals surface area contributed by atoms with Gasteiger partial charge in [-0.1, -0.05) is 29.5 Å². The van der Waals surface area contributed by atoms with Gasteiger partial charge in [0.2, 0.25) is 10.9 Å². The van der Waals surface area contributed by atoms with Crippen molar-refractivity contribution < 1.29 is 23.5 Å². The van der Waals surface area contributed by atoms with Gasteiger partial charge in [0.25, 0.3) is 5.91 Å². The lowest BCUT2D eigenvalue weighted by Crippen LogP contribution is -2.27. The van der Waals surface area contributed by atoms with E-state index in [2.05, 4.69) is 20.8 Å². The Labute approximate surface area is 176 Å². The normalized spacial score (nSPS) is 10.5. The van der Waals surface area contributed by atoms with Crippen LogP contribution in [-0.2, 0) is 22.7 Å². The van der Waals surface area contributed by atoms with E-state index >= 15 is 0 Å². The summed E-state index contributed by atoms with van der Waals surface area (Å²) >= 11 is 1.07. The number of halogens is 1. The Kier molecular flexibility index (Phi) is 7.41. The molecule has 30 heavy (non-hydrogen) atoms. The van der Waals surface area contributed by atoms with E-state index in [0.29, 0.717) is 22.0 Å². The first kappa shape index (κ1) is 21.3. The van der Waals surface area contributed by atoms with Crippen molar-refractivity contribution in [3.05, 3.63) is 69.9 Å². The summed E-state index contributed by atoms with van der Waals surface area (Å²) in [7, 11) is 1.56. The summed E-state index contributed by atoms with van der Waals surface area (Å²) in [6, 6.07) is 13.1. The van der Waals surface area contributed by atoms with Crippen molar-refractivity contribution in [1.82, 2.24) is 15.5 Å². The summed E-state index contributed by atoms with van der Waals surface area (Å²) in [5, 5.41) is 13.6. The molecule has 0 aliphatic rings. The monoisotopic (exact) mass is 430 g/mol. The van der Waals surface area contributed by atoms with Gasteiger partial charge in [0, 0.05) is 17.8 Å². The number of aromatic nitrogens is 2. The molecule has 3 aromatic rings. The highest BCUT2D eigenvalue weighted by atomic mass is 32.1. The van der Waals surface area contributed by atoms with E-state index in [1.165, 1.54) is 6.07 Å². The number of ether oxygens (including phenoxy) is 2. The van der Waals surface area contributed by atoms with E-state index in [1.54, 1.807) is 49.6 Å². The minimum atomic E-state index is -0.397. The molecule has 1 heterocycles. The highest BCUT2D eigenvalue weighted by molar-refractivity contribution is 7.13. The van der Waals surface area contributed by atoms with E-state index in [0.717, 1.165) is 11.3 Å². The molecule has 156 valence electrons. The molecule has 10 heteroatoms. The molecular formula is C20H19FN4O4S. The molecule has 1 aromatic heterocycles. The molecular weight excluding hydrogens is 411 g/mol. The summed E-state index contributed by atoms with van der Waals surface area (Å²) in [5.41, 5.74) is 0.989. The zero-order valence-corrected chi connectivity index (χ0v) is 16.9. The molecule has 0 saturated carbocycles. The van der Waals surface area contributed by atoms with Gasteiger partial charge < -0.3 is 20.1 Å². The molecule has 3 rings (SSSR count). The van der Waals surface area contributed by atoms with Gasteiger partial charge in [0.05, 0.1) is 7.11 Å². The lowest BCUT2D eigenvalue weighted by Gasteiger charge is -2.06. The van der Waals surface area contributed by atoms with Crippen LogP contribution in [0, 0.1) is 5.82 Å². The maximum absolute atomic E-state index is 13.5. The van der Waals surface area contributed by atoms with Crippen molar-refractivity contribution in [2.24, 2.45) is 0 Å². The second-order valence-electron chi connectivity index (χ2n) is 6.04. The van der Waals surface area contributed by atoms with Crippen molar-refractivity contribution in [3.63, 3.8) is 0 Å². The SMILES string of the molecule is COc1ccc(NC(=O)c2nnc(COCC(=O)NCc3ccccc3F)s2)cc1. The van der Waals surface area contributed by atoms with Crippen LogP contribution in [0.25, 0.3) is 0 Å². The topological polar surface area (TPSA) is 102 Å². The minimum absolute atomic E-state index is 0.0284. The van der Waals surface area contributed by atoms with E-state index in [1.807, 2.05) is 0 Å². The summed E-state index contributed by atoms with van der Waals surface area (Å²) < 4.78 is 23.9. The van der Waals surface area contributed by atoms with Crippen LogP contribution in [0.1, 0.15) is 20.4 Å². The Morgan fingerprint density at radius 3 is 2.60 bits per heavy atom. The van der Waals surface area contributed by atoms with Gasteiger partial charge in [-0.3, -0.25) is 9.59 Å². The summed E-state index contributed by atoms with van der Waals surface area (Å²) in [4.78, 5) is 24.1. The predicted octanol–water partition coefficient (Wildman–Crippen LogP) is 2.77. The molecule has 0 aliphatic heterocycles. The Hall–Kier alpha value is -3.37. The van der Waals surface area contributed by atoms with Crippen LogP contribution in [0.3, 0.4) is 0 Å². The summed E-state index contributed by atoms with van der Waals surface area (Å²) in [5.74, 6) is -0.485. The average molecular weight is 430 g/mol. The van der Waals surface area contributed by atoms with Crippen molar-refractivity contribution in [2.45, 2.75) is 13.2 Å². The van der Waals surface area contributed by atoms with Crippen molar-refractivity contribution in [1.29, 1.82) is 0 Å². The fourth-order valence-corrected chi connectivity index (χ4v) is 3.05. The van der Waals surface area contributed by atoms with Crippen LogP contribution in [0.5, 0.6) is 5.75 Å².